The van der Waals surface area contributed by atoms with Crippen molar-refractivity contribution in [3.8, 4) is 5.75 Å². The van der Waals surface area contributed by atoms with Gasteiger partial charge in [-0.05, 0) is 37.0 Å². The molecular formula is C18H27N3O3. The summed E-state index contributed by atoms with van der Waals surface area (Å²) in [5, 5.41) is 5.68. The number of likely N-dealkylation sites (N-methyl/N-ethyl adjacent to an activating group) is 1. The van der Waals surface area contributed by atoms with E-state index in [1.165, 1.54) is 0 Å². The van der Waals surface area contributed by atoms with Crippen LogP contribution < -0.4 is 15.4 Å². The van der Waals surface area contributed by atoms with Crippen LogP contribution >= 0.6 is 0 Å². The van der Waals surface area contributed by atoms with Gasteiger partial charge < -0.3 is 15.4 Å². The SMILES string of the molecule is CCCNC(=O)[C@@H]1CCCN1[C@@H](C(=O)NC)c1ccc(OC)cc1. The van der Waals surface area contributed by atoms with E-state index in [0.717, 1.165) is 37.1 Å². The van der Waals surface area contributed by atoms with Crippen LogP contribution in [0, 0.1) is 0 Å². The van der Waals surface area contributed by atoms with Crippen molar-refractivity contribution in [2.75, 3.05) is 27.2 Å². The maximum absolute atomic E-state index is 12.5. The molecule has 0 aromatic heterocycles. The van der Waals surface area contributed by atoms with Gasteiger partial charge in [-0.25, -0.2) is 0 Å². The topological polar surface area (TPSA) is 70.7 Å². The highest BCUT2D eigenvalue weighted by atomic mass is 16.5. The molecule has 1 fully saturated rings. The van der Waals surface area contributed by atoms with E-state index < -0.39 is 6.04 Å². The molecule has 1 aliphatic rings. The third-order valence-electron chi connectivity index (χ3n) is 4.40. The van der Waals surface area contributed by atoms with Gasteiger partial charge in [-0.1, -0.05) is 19.1 Å². The Kier molecular flexibility index (Phi) is 6.61. The summed E-state index contributed by atoms with van der Waals surface area (Å²) in [5.74, 6) is 0.653. The molecule has 2 rings (SSSR count). The lowest BCUT2D eigenvalue weighted by molar-refractivity contribution is -0.131. The molecule has 0 bridgehead atoms. The van der Waals surface area contributed by atoms with E-state index in [2.05, 4.69) is 10.6 Å². The molecule has 2 atom stereocenters. The van der Waals surface area contributed by atoms with Gasteiger partial charge in [0.1, 0.15) is 11.8 Å². The van der Waals surface area contributed by atoms with Crippen molar-refractivity contribution in [2.24, 2.45) is 0 Å². The van der Waals surface area contributed by atoms with E-state index in [0.29, 0.717) is 6.54 Å². The molecule has 0 aliphatic carbocycles. The summed E-state index contributed by atoms with van der Waals surface area (Å²) in [7, 11) is 3.24. The van der Waals surface area contributed by atoms with Crippen molar-refractivity contribution >= 4 is 11.8 Å². The lowest BCUT2D eigenvalue weighted by Crippen LogP contribution is -2.48. The van der Waals surface area contributed by atoms with Crippen molar-refractivity contribution in [2.45, 2.75) is 38.3 Å². The first-order valence-corrected chi connectivity index (χ1v) is 8.51. The number of hydrogen-bond donors (Lipinski definition) is 2. The van der Waals surface area contributed by atoms with Gasteiger partial charge >= 0.3 is 0 Å². The number of nitrogens with one attached hydrogen (secondary N) is 2. The summed E-state index contributed by atoms with van der Waals surface area (Å²) < 4.78 is 5.19. The Bertz CT molecular complexity index is 559. The summed E-state index contributed by atoms with van der Waals surface area (Å²) >= 11 is 0. The third kappa shape index (κ3) is 4.06. The van der Waals surface area contributed by atoms with E-state index in [9.17, 15) is 9.59 Å². The van der Waals surface area contributed by atoms with E-state index in [1.54, 1.807) is 14.2 Å². The van der Waals surface area contributed by atoms with Crippen LogP contribution in [0.4, 0.5) is 0 Å². The minimum Gasteiger partial charge on any atom is -0.497 e. The number of nitrogens with zero attached hydrogens (tertiary/aromatic N) is 1. The molecule has 0 unspecified atom stereocenters. The molecule has 1 aromatic rings. The van der Waals surface area contributed by atoms with Crippen LogP contribution in [0.1, 0.15) is 37.8 Å². The van der Waals surface area contributed by atoms with Crippen molar-refractivity contribution in [3.63, 3.8) is 0 Å². The molecule has 2 amide bonds. The third-order valence-corrected chi connectivity index (χ3v) is 4.40. The maximum atomic E-state index is 12.5. The Hall–Kier alpha value is -2.08. The van der Waals surface area contributed by atoms with Crippen LogP contribution in [0.25, 0.3) is 0 Å². The zero-order valence-corrected chi connectivity index (χ0v) is 14.7. The van der Waals surface area contributed by atoms with Gasteiger partial charge in [0.15, 0.2) is 0 Å². The minimum absolute atomic E-state index is 0.0109. The molecule has 2 N–H and O–H groups in total. The second-order valence-electron chi connectivity index (χ2n) is 5.98. The standard InChI is InChI=1S/C18H27N3O3/c1-4-11-20-17(22)15-6-5-12-21(15)16(18(23)19-2)13-7-9-14(24-3)10-8-13/h7-10,15-16H,4-6,11-12H2,1-3H3,(H,19,23)(H,20,22)/t15-,16+/m0/s1. The molecule has 1 aromatic carbocycles. The highest BCUT2D eigenvalue weighted by Gasteiger charge is 2.38. The number of likely N-dealkylation sites (tertiary alicyclic amines) is 1. The summed E-state index contributed by atoms with van der Waals surface area (Å²) in [4.78, 5) is 27.0. The van der Waals surface area contributed by atoms with Crippen LogP contribution in [-0.2, 0) is 9.59 Å². The van der Waals surface area contributed by atoms with Gasteiger partial charge in [-0.3, -0.25) is 14.5 Å². The van der Waals surface area contributed by atoms with E-state index in [-0.39, 0.29) is 17.9 Å². The average Bonchev–Trinajstić information content (AvgIpc) is 3.09. The molecule has 24 heavy (non-hydrogen) atoms. The number of benzene rings is 1. The predicted molar refractivity (Wildman–Crippen MR) is 92.8 cm³/mol. The molecule has 1 saturated heterocycles. The van der Waals surface area contributed by atoms with Gasteiger partial charge in [0.05, 0.1) is 13.2 Å². The summed E-state index contributed by atoms with van der Waals surface area (Å²) in [5.41, 5.74) is 0.866. The fourth-order valence-corrected chi connectivity index (χ4v) is 3.16. The fourth-order valence-electron chi connectivity index (χ4n) is 3.16. The first kappa shape index (κ1) is 18.3. The number of methoxy groups -OCH3 is 1. The fraction of sp³-hybridized carbons (Fsp3) is 0.556. The van der Waals surface area contributed by atoms with Crippen LogP contribution in [0.3, 0.4) is 0 Å². The second kappa shape index (κ2) is 8.68. The van der Waals surface area contributed by atoms with Crippen LogP contribution in [0.5, 0.6) is 5.75 Å². The highest BCUT2D eigenvalue weighted by Crippen LogP contribution is 2.30. The number of rotatable bonds is 7. The maximum Gasteiger partial charge on any atom is 0.241 e. The minimum atomic E-state index is -0.471. The normalized spacial score (nSPS) is 18.9. The van der Waals surface area contributed by atoms with Gasteiger partial charge in [-0.2, -0.15) is 0 Å². The van der Waals surface area contributed by atoms with Crippen molar-refractivity contribution in [3.05, 3.63) is 29.8 Å². The molecule has 1 aliphatic heterocycles. The van der Waals surface area contributed by atoms with Gasteiger partial charge in [0.2, 0.25) is 11.8 Å². The monoisotopic (exact) mass is 333 g/mol. The van der Waals surface area contributed by atoms with Gasteiger partial charge in [-0.15, -0.1) is 0 Å². The Morgan fingerprint density at radius 3 is 2.62 bits per heavy atom. The molecular weight excluding hydrogens is 306 g/mol. The molecule has 6 heteroatoms. The number of carbonyl (C=O) groups excluding carboxylic acids is 2. The molecule has 132 valence electrons. The Balaban J connectivity index is 2.25. The lowest BCUT2D eigenvalue weighted by Gasteiger charge is -2.31. The van der Waals surface area contributed by atoms with Gasteiger partial charge in [0.25, 0.3) is 0 Å². The number of hydrogen-bond acceptors (Lipinski definition) is 4. The van der Waals surface area contributed by atoms with Crippen molar-refractivity contribution < 1.29 is 14.3 Å². The van der Waals surface area contributed by atoms with E-state index in [4.69, 9.17) is 4.74 Å². The molecule has 0 spiro atoms. The smallest absolute Gasteiger partial charge is 0.241 e. The van der Waals surface area contributed by atoms with Crippen LogP contribution in [-0.4, -0.2) is 50.0 Å². The average molecular weight is 333 g/mol. The number of ether oxygens (including phenoxy) is 1. The largest absolute Gasteiger partial charge is 0.497 e. The summed E-state index contributed by atoms with van der Waals surface area (Å²) in [6.07, 6.45) is 2.59. The van der Waals surface area contributed by atoms with E-state index in [1.807, 2.05) is 36.1 Å². The first-order valence-electron chi connectivity index (χ1n) is 8.51. The Labute approximate surface area is 143 Å². The molecule has 1 heterocycles. The van der Waals surface area contributed by atoms with Crippen LogP contribution in [0.2, 0.25) is 0 Å². The number of amides is 2. The Morgan fingerprint density at radius 2 is 2.04 bits per heavy atom. The molecule has 6 nitrogen and oxygen atoms in total. The zero-order valence-electron chi connectivity index (χ0n) is 14.7. The summed E-state index contributed by atoms with van der Waals surface area (Å²) in [6.45, 7) is 3.42. The van der Waals surface area contributed by atoms with Gasteiger partial charge in [0, 0.05) is 20.1 Å². The molecule has 0 saturated carbocycles. The van der Waals surface area contributed by atoms with Crippen LogP contribution in [0.15, 0.2) is 24.3 Å². The molecule has 0 radical (unpaired) electrons. The lowest BCUT2D eigenvalue weighted by atomic mass is 10.0. The quantitative estimate of drug-likeness (QED) is 0.793. The second-order valence-corrected chi connectivity index (χ2v) is 5.98. The highest BCUT2D eigenvalue weighted by molar-refractivity contribution is 5.86. The first-order chi connectivity index (χ1) is 11.6. The number of carbonyl (C=O) groups is 2. The summed E-state index contributed by atoms with van der Waals surface area (Å²) in [6, 6.07) is 6.72. The zero-order chi connectivity index (χ0) is 17.5. The van der Waals surface area contributed by atoms with Crippen molar-refractivity contribution in [1.29, 1.82) is 0 Å². The Morgan fingerprint density at radius 1 is 1.33 bits per heavy atom. The van der Waals surface area contributed by atoms with Crippen molar-refractivity contribution in [1.82, 2.24) is 15.5 Å². The predicted octanol–water partition coefficient (Wildman–Crippen LogP) is 1.47. The van der Waals surface area contributed by atoms with E-state index >= 15 is 0 Å².